The number of hydrogen-bond donors (Lipinski definition) is 1. The van der Waals surface area contributed by atoms with Crippen LogP contribution < -0.4 is 5.32 Å². The lowest BCUT2D eigenvalue weighted by atomic mass is 10.1. The molecule has 0 aliphatic carbocycles. The van der Waals surface area contributed by atoms with Gasteiger partial charge in [0.05, 0.1) is 16.8 Å². The number of nitrogens with zero attached hydrogens (tertiary/aromatic N) is 1. The highest BCUT2D eigenvalue weighted by molar-refractivity contribution is 14.1. The van der Waals surface area contributed by atoms with Crippen LogP contribution in [0.2, 0.25) is 0 Å². The summed E-state index contributed by atoms with van der Waals surface area (Å²) < 4.78 is 2.47. The number of nitriles is 1. The number of carbonyl (C=O) groups is 1. The molecule has 0 fully saturated rings. The Bertz CT molecular complexity index is 726. The van der Waals surface area contributed by atoms with Gasteiger partial charge in [0.2, 0.25) is 0 Å². The van der Waals surface area contributed by atoms with Crippen molar-refractivity contribution in [2.45, 2.75) is 0 Å². The molecule has 1 amide bonds. The first-order valence-electron chi connectivity index (χ1n) is 5.47. The number of halogens is 3. The second kappa shape index (κ2) is 6.70. The third kappa shape index (κ3) is 3.59. The van der Waals surface area contributed by atoms with Gasteiger partial charge in [0.25, 0.3) is 5.91 Å². The molecule has 0 bridgehead atoms. The summed E-state index contributed by atoms with van der Waals surface area (Å²) in [5.74, 6) is -0.241. The Morgan fingerprint density at radius 2 is 1.80 bits per heavy atom. The van der Waals surface area contributed by atoms with E-state index in [2.05, 4.69) is 65.8 Å². The molecule has 0 spiro atoms. The van der Waals surface area contributed by atoms with Crippen molar-refractivity contribution in [3.63, 3.8) is 0 Å². The van der Waals surface area contributed by atoms with Crippen LogP contribution in [0.15, 0.2) is 45.3 Å². The first-order valence-corrected chi connectivity index (χ1v) is 8.14. The van der Waals surface area contributed by atoms with Gasteiger partial charge in [0.15, 0.2) is 0 Å². The Kier molecular flexibility index (Phi) is 5.18. The quantitative estimate of drug-likeness (QED) is 0.588. The first-order chi connectivity index (χ1) is 9.51. The molecule has 0 atom stereocenters. The average molecular weight is 506 g/mol. The monoisotopic (exact) mass is 504 g/mol. The molecule has 0 saturated carbocycles. The van der Waals surface area contributed by atoms with E-state index in [-0.39, 0.29) is 5.91 Å². The molecule has 3 nitrogen and oxygen atoms in total. The maximum atomic E-state index is 12.3. The van der Waals surface area contributed by atoms with Crippen LogP contribution in [-0.4, -0.2) is 5.91 Å². The average Bonchev–Trinajstić information content (AvgIpc) is 2.43. The molecule has 20 heavy (non-hydrogen) atoms. The minimum Gasteiger partial charge on any atom is -0.321 e. The van der Waals surface area contributed by atoms with E-state index in [1.165, 1.54) is 0 Å². The number of carbonyl (C=O) groups excluding carboxylic acids is 1. The van der Waals surface area contributed by atoms with E-state index in [4.69, 9.17) is 5.26 Å². The van der Waals surface area contributed by atoms with Gasteiger partial charge in [-0.05, 0) is 59.0 Å². The summed E-state index contributed by atoms with van der Waals surface area (Å²) in [7, 11) is 0. The van der Waals surface area contributed by atoms with Crippen LogP contribution in [0, 0.1) is 14.9 Å². The Labute approximate surface area is 146 Å². The van der Waals surface area contributed by atoms with E-state index in [9.17, 15) is 4.79 Å². The van der Waals surface area contributed by atoms with Gasteiger partial charge in [-0.25, -0.2) is 0 Å². The van der Waals surface area contributed by atoms with Crippen molar-refractivity contribution in [3.8, 4) is 6.07 Å². The van der Waals surface area contributed by atoms with Crippen molar-refractivity contribution in [2.24, 2.45) is 0 Å². The van der Waals surface area contributed by atoms with Crippen molar-refractivity contribution in [1.29, 1.82) is 5.26 Å². The predicted octanol–water partition coefficient (Wildman–Crippen LogP) is 4.94. The fourth-order valence-electron chi connectivity index (χ4n) is 1.58. The molecule has 2 aromatic rings. The summed E-state index contributed by atoms with van der Waals surface area (Å²) in [5, 5.41) is 11.9. The minimum atomic E-state index is -0.241. The summed E-state index contributed by atoms with van der Waals surface area (Å²) in [5.41, 5.74) is 1.47. The summed E-state index contributed by atoms with van der Waals surface area (Å²) in [4.78, 5) is 12.3. The van der Waals surface area contributed by atoms with E-state index in [1.807, 2.05) is 12.1 Å². The maximum Gasteiger partial charge on any atom is 0.256 e. The molecule has 2 aromatic carbocycles. The number of rotatable bonds is 2. The van der Waals surface area contributed by atoms with Crippen molar-refractivity contribution in [1.82, 2.24) is 0 Å². The molecule has 1 N–H and O–H groups in total. The van der Waals surface area contributed by atoms with Crippen molar-refractivity contribution in [3.05, 3.63) is 60.0 Å². The lowest BCUT2D eigenvalue weighted by molar-refractivity contribution is 0.102. The van der Waals surface area contributed by atoms with Gasteiger partial charge < -0.3 is 5.32 Å². The Morgan fingerprint density at radius 1 is 1.15 bits per heavy atom. The highest BCUT2D eigenvalue weighted by atomic mass is 127. The standard InChI is InChI=1S/C14H7Br2IN2O/c15-9-2-4-13(8(5-9)7-18)19-14(20)11-6-10(16)1-3-12(11)17/h1-6H,(H,19,20). The van der Waals surface area contributed by atoms with Gasteiger partial charge in [-0.2, -0.15) is 5.26 Å². The van der Waals surface area contributed by atoms with E-state index < -0.39 is 0 Å². The van der Waals surface area contributed by atoms with Crippen molar-refractivity contribution in [2.75, 3.05) is 5.32 Å². The second-order valence-electron chi connectivity index (χ2n) is 3.88. The fourth-order valence-corrected chi connectivity index (χ4v) is 2.88. The Balaban J connectivity index is 2.33. The smallest absolute Gasteiger partial charge is 0.256 e. The summed E-state index contributed by atoms with van der Waals surface area (Å²) >= 11 is 8.75. The van der Waals surface area contributed by atoms with Gasteiger partial charge in [-0.1, -0.05) is 31.9 Å². The van der Waals surface area contributed by atoms with Crippen LogP contribution in [0.1, 0.15) is 15.9 Å². The van der Waals surface area contributed by atoms with Crippen LogP contribution in [0.25, 0.3) is 0 Å². The molecule has 2 rings (SSSR count). The Morgan fingerprint density at radius 3 is 2.50 bits per heavy atom. The van der Waals surface area contributed by atoms with Gasteiger partial charge in [0, 0.05) is 12.5 Å². The van der Waals surface area contributed by atoms with Gasteiger partial charge in [0.1, 0.15) is 6.07 Å². The third-order valence-corrected chi connectivity index (χ3v) is 4.45. The molecule has 0 aromatic heterocycles. The topological polar surface area (TPSA) is 52.9 Å². The van der Waals surface area contributed by atoms with Crippen molar-refractivity contribution < 1.29 is 4.79 Å². The molecule has 0 heterocycles. The molecule has 0 aliphatic heterocycles. The number of anilines is 1. The molecular weight excluding hydrogens is 499 g/mol. The van der Waals surface area contributed by atoms with Crippen LogP contribution in [0.3, 0.4) is 0 Å². The SMILES string of the molecule is N#Cc1cc(Br)ccc1NC(=O)c1cc(Br)ccc1I. The van der Waals surface area contributed by atoms with Crippen molar-refractivity contribution >= 4 is 66.0 Å². The first kappa shape index (κ1) is 15.5. The maximum absolute atomic E-state index is 12.3. The van der Waals surface area contributed by atoms with Gasteiger partial charge >= 0.3 is 0 Å². The largest absolute Gasteiger partial charge is 0.321 e. The number of benzene rings is 2. The molecule has 0 unspecified atom stereocenters. The summed E-state index contributed by atoms with van der Waals surface area (Å²) in [6.45, 7) is 0. The van der Waals surface area contributed by atoms with Crippen LogP contribution in [0.4, 0.5) is 5.69 Å². The zero-order valence-corrected chi connectivity index (χ0v) is 15.3. The minimum absolute atomic E-state index is 0.241. The highest BCUT2D eigenvalue weighted by Gasteiger charge is 2.13. The highest BCUT2D eigenvalue weighted by Crippen LogP contribution is 2.23. The third-order valence-electron chi connectivity index (χ3n) is 2.52. The number of hydrogen-bond acceptors (Lipinski definition) is 2. The van der Waals surface area contributed by atoms with E-state index in [0.717, 1.165) is 12.5 Å². The molecular formula is C14H7Br2IN2O. The summed E-state index contributed by atoms with van der Waals surface area (Å²) in [6.07, 6.45) is 0. The lowest BCUT2D eigenvalue weighted by Gasteiger charge is -2.09. The van der Waals surface area contributed by atoms with Crippen LogP contribution in [0.5, 0.6) is 0 Å². The van der Waals surface area contributed by atoms with Crippen LogP contribution >= 0.6 is 54.5 Å². The zero-order chi connectivity index (χ0) is 14.7. The summed E-state index contributed by atoms with van der Waals surface area (Å²) in [6, 6.07) is 12.7. The fraction of sp³-hybridized carbons (Fsp3) is 0. The zero-order valence-electron chi connectivity index (χ0n) is 9.95. The van der Waals surface area contributed by atoms with Crippen LogP contribution in [-0.2, 0) is 0 Å². The number of amides is 1. The molecule has 0 aliphatic rings. The van der Waals surface area contributed by atoms with Gasteiger partial charge in [-0.15, -0.1) is 0 Å². The molecule has 100 valence electrons. The predicted molar refractivity (Wildman–Crippen MR) is 93.7 cm³/mol. The lowest BCUT2D eigenvalue weighted by Crippen LogP contribution is -2.14. The number of nitrogens with one attached hydrogen (secondary N) is 1. The van der Waals surface area contributed by atoms with E-state index in [0.29, 0.717) is 16.8 Å². The second-order valence-corrected chi connectivity index (χ2v) is 6.87. The van der Waals surface area contributed by atoms with E-state index >= 15 is 0 Å². The Hall–Kier alpha value is -0.910. The normalized spacial score (nSPS) is 9.90. The molecule has 0 saturated heterocycles. The van der Waals surface area contributed by atoms with E-state index in [1.54, 1.807) is 24.3 Å². The molecule has 0 radical (unpaired) electrons. The van der Waals surface area contributed by atoms with Gasteiger partial charge in [-0.3, -0.25) is 4.79 Å². The molecule has 6 heteroatoms.